The predicted molar refractivity (Wildman–Crippen MR) is 71.1 cm³/mol. The normalized spacial score (nSPS) is 10.6. The molecule has 0 amide bonds. The van der Waals surface area contributed by atoms with Gasteiger partial charge in [-0.3, -0.25) is 0 Å². The summed E-state index contributed by atoms with van der Waals surface area (Å²) in [5.41, 5.74) is 0.521. The molecular formula is C14H18O5. The molecule has 1 aromatic rings. The van der Waals surface area contributed by atoms with Crippen molar-refractivity contribution in [3.05, 3.63) is 29.8 Å². The number of hydrogen-bond acceptors (Lipinski definition) is 5. The van der Waals surface area contributed by atoms with Crippen LogP contribution in [0.2, 0.25) is 0 Å². The molecule has 0 saturated heterocycles. The first kappa shape index (κ1) is 15.0. The zero-order valence-electron chi connectivity index (χ0n) is 11.1. The van der Waals surface area contributed by atoms with Crippen molar-refractivity contribution in [2.75, 3.05) is 26.9 Å². The van der Waals surface area contributed by atoms with Crippen LogP contribution in [0.5, 0.6) is 11.5 Å². The Morgan fingerprint density at radius 3 is 2.79 bits per heavy atom. The maximum atomic E-state index is 11.1. The van der Waals surface area contributed by atoms with Gasteiger partial charge in [-0.15, -0.1) is 0 Å². The molecule has 104 valence electrons. The van der Waals surface area contributed by atoms with Gasteiger partial charge in [-0.25, -0.2) is 4.79 Å². The molecule has 5 nitrogen and oxygen atoms in total. The highest BCUT2D eigenvalue weighted by molar-refractivity contribution is 5.87. The molecule has 0 radical (unpaired) electrons. The molecule has 0 unspecified atom stereocenters. The van der Waals surface area contributed by atoms with Crippen molar-refractivity contribution in [3.8, 4) is 11.5 Å². The average molecular weight is 266 g/mol. The SMILES string of the molecule is CCOC(=O)C=Cc1ccc(OCCOC)cc1O. The summed E-state index contributed by atoms with van der Waals surface area (Å²) < 4.78 is 14.9. The molecule has 0 heterocycles. The predicted octanol–water partition coefficient (Wildman–Crippen LogP) is 1.99. The molecule has 0 aliphatic heterocycles. The molecule has 1 aromatic carbocycles. The summed E-state index contributed by atoms with van der Waals surface area (Å²) >= 11 is 0. The lowest BCUT2D eigenvalue weighted by Crippen LogP contribution is -2.04. The Labute approximate surface area is 112 Å². The second-order valence-corrected chi connectivity index (χ2v) is 3.65. The maximum absolute atomic E-state index is 11.1. The molecule has 1 N–H and O–H groups in total. The summed E-state index contributed by atoms with van der Waals surface area (Å²) in [4.78, 5) is 11.1. The zero-order chi connectivity index (χ0) is 14.1. The summed E-state index contributed by atoms with van der Waals surface area (Å²) in [5, 5.41) is 9.78. The number of methoxy groups -OCH3 is 1. The fourth-order valence-electron chi connectivity index (χ4n) is 1.35. The van der Waals surface area contributed by atoms with Gasteiger partial charge in [0.25, 0.3) is 0 Å². The Bertz CT molecular complexity index is 439. The molecule has 0 atom stereocenters. The molecule has 19 heavy (non-hydrogen) atoms. The summed E-state index contributed by atoms with van der Waals surface area (Å²) in [5.74, 6) is 0.139. The highest BCUT2D eigenvalue weighted by atomic mass is 16.5. The first-order valence-electron chi connectivity index (χ1n) is 5.97. The van der Waals surface area contributed by atoms with Crippen LogP contribution in [0.25, 0.3) is 6.08 Å². The molecular weight excluding hydrogens is 248 g/mol. The van der Waals surface area contributed by atoms with Crippen LogP contribution >= 0.6 is 0 Å². The number of carbonyl (C=O) groups excluding carboxylic acids is 1. The van der Waals surface area contributed by atoms with Crippen molar-refractivity contribution >= 4 is 12.0 Å². The maximum Gasteiger partial charge on any atom is 0.330 e. The van der Waals surface area contributed by atoms with Crippen LogP contribution in [0, 0.1) is 0 Å². The summed E-state index contributed by atoms with van der Waals surface area (Å²) in [6.45, 7) is 2.94. The molecule has 0 bridgehead atoms. The molecule has 0 fully saturated rings. The number of esters is 1. The van der Waals surface area contributed by atoms with Crippen molar-refractivity contribution in [2.45, 2.75) is 6.92 Å². The molecule has 0 spiro atoms. The molecule has 0 aliphatic carbocycles. The Morgan fingerprint density at radius 1 is 1.37 bits per heavy atom. The molecule has 0 saturated carbocycles. The van der Waals surface area contributed by atoms with Gasteiger partial charge in [0.05, 0.1) is 13.2 Å². The summed E-state index contributed by atoms with van der Waals surface area (Å²) in [6.07, 6.45) is 2.76. The van der Waals surface area contributed by atoms with E-state index >= 15 is 0 Å². The summed E-state index contributed by atoms with van der Waals surface area (Å²) in [7, 11) is 1.59. The number of aromatic hydroxyl groups is 1. The lowest BCUT2D eigenvalue weighted by atomic mass is 10.2. The van der Waals surface area contributed by atoms with E-state index in [2.05, 4.69) is 0 Å². The number of phenolic OH excluding ortho intramolecular Hbond substituents is 1. The number of ether oxygens (including phenoxy) is 3. The quantitative estimate of drug-likeness (QED) is 0.464. The van der Waals surface area contributed by atoms with Gasteiger partial charge in [-0.2, -0.15) is 0 Å². The highest BCUT2D eigenvalue weighted by Crippen LogP contribution is 2.24. The van der Waals surface area contributed by atoms with E-state index in [9.17, 15) is 9.90 Å². The number of hydrogen-bond donors (Lipinski definition) is 1. The smallest absolute Gasteiger partial charge is 0.330 e. The van der Waals surface area contributed by atoms with Gasteiger partial charge in [0.2, 0.25) is 0 Å². The molecule has 5 heteroatoms. The molecule has 0 aliphatic rings. The van der Waals surface area contributed by atoms with Crippen LogP contribution in [0.1, 0.15) is 12.5 Å². The van der Waals surface area contributed by atoms with Gasteiger partial charge in [-0.1, -0.05) is 0 Å². The van der Waals surface area contributed by atoms with E-state index in [0.29, 0.717) is 31.1 Å². The molecule has 1 rings (SSSR count). The number of carbonyl (C=O) groups is 1. The monoisotopic (exact) mass is 266 g/mol. The summed E-state index contributed by atoms with van der Waals surface area (Å²) in [6, 6.07) is 4.86. The Morgan fingerprint density at radius 2 is 2.16 bits per heavy atom. The number of phenols is 1. The minimum Gasteiger partial charge on any atom is -0.507 e. The highest BCUT2D eigenvalue weighted by Gasteiger charge is 2.02. The van der Waals surface area contributed by atoms with Crippen LogP contribution in [-0.4, -0.2) is 38.0 Å². The topological polar surface area (TPSA) is 65.0 Å². The fraction of sp³-hybridized carbons (Fsp3) is 0.357. The van der Waals surface area contributed by atoms with Crippen molar-refractivity contribution in [2.24, 2.45) is 0 Å². The van der Waals surface area contributed by atoms with Gasteiger partial charge >= 0.3 is 5.97 Å². The van der Waals surface area contributed by atoms with Gasteiger partial charge in [0.1, 0.15) is 18.1 Å². The van der Waals surface area contributed by atoms with E-state index in [1.165, 1.54) is 18.2 Å². The van der Waals surface area contributed by atoms with E-state index < -0.39 is 5.97 Å². The van der Waals surface area contributed by atoms with Gasteiger partial charge < -0.3 is 19.3 Å². The lowest BCUT2D eigenvalue weighted by molar-refractivity contribution is -0.137. The minimum atomic E-state index is -0.442. The van der Waals surface area contributed by atoms with Crippen LogP contribution in [0.15, 0.2) is 24.3 Å². The fourth-order valence-corrected chi connectivity index (χ4v) is 1.35. The zero-order valence-corrected chi connectivity index (χ0v) is 11.1. The number of rotatable bonds is 7. The van der Waals surface area contributed by atoms with Gasteiger partial charge in [-0.05, 0) is 25.1 Å². The third-order valence-corrected chi connectivity index (χ3v) is 2.24. The average Bonchev–Trinajstić information content (AvgIpc) is 2.38. The van der Waals surface area contributed by atoms with E-state index in [-0.39, 0.29) is 5.75 Å². The second-order valence-electron chi connectivity index (χ2n) is 3.65. The van der Waals surface area contributed by atoms with Crippen molar-refractivity contribution in [3.63, 3.8) is 0 Å². The van der Waals surface area contributed by atoms with Crippen molar-refractivity contribution in [1.29, 1.82) is 0 Å². The van der Waals surface area contributed by atoms with Crippen LogP contribution < -0.4 is 4.74 Å². The van der Waals surface area contributed by atoms with Gasteiger partial charge in [0.15, 0.2) is 0 Å². The number of benzene rings is 1. The van der Waals surface area contributed by atoms with Crippen LogP contribution in [0.3, 0.4) is 0 Å². The van der Waals surface area contributed by atoms with Crippen molar-refractivity contribution in [1.82, 2.24) is 0 Å². The van der Waals surface area contributed by atoms with Crippen molar-refractivity contribution < 1.29 is 24.1 Å². The van der Waals surface area contributed by atoms with Gasteiger partial charge in [0, 0.05) is 24.8 Å². The van der Waals surface area contributed by atoms with E-state index in [4.69, 9.17) is 14.2 Å². The third-order valence-electron chi connectivity index (χ3n) is 2.24. The van der Waals surface area contributed by atoms with E-state index in [1.54, 1.807) is 26.2 Å². The first-order valence-corrected chi connectivity index (χ1v) is 5.97. The standard InChI is InChI=1S/C14H18O5/c1-3-18-14(16)7-5-11-4-6-12(10-13(11)15)19-9-8-17-2/h4-7,10,15H,3,8-9H2,1-2H3. The third kappa shape index (κ3) is 5.44. The first-order chi connectivity index (χ1) is 9.17. The van der Waals surface area contributed by atoms with E-state index in [1.807, 2.05) is 0 Å². The van der Waals surface area contributed by atoms with Crippen LogP contribution in [-0.2, 0) is 14.3 Å². The van der Waals surface area contributed by atoms with Crippen LogP contribution in [0.4, 0.5) is 0 Å². The Kier molecular flexibility index (Phi) is 6.46. The Balaban J connectivity index is 2.64. The second kappa shape index (κ2) is 8.16. The van der Waals surface area contributed by atoms with E-state index in [0.717, 1.165) is 0 Å². The minimum absolute atomic E-state index is 0.0375. The lowest BCUT2D eigenvalue weighted by Gasteiger charge is -2.07. The largest absolute Gasteiger partial charge is 0.507 e. The molecule has 0 aromatic heterocycles. The Hall–Kier alpha value is -2.01.